The van der Waals surface area contributed by atoms with E-state index in [1.165, 1.54) is 0 Å². The second-order valence-electron chi connectivity index (χ2n) is 6.14. The Hall–Kier alpha value is -1.51. The molecule has 0 radical (unpaired) electrons. The highest BCUT2D eigenvalue weighted by molar-refractivity contribution is 7.71. The van der Waals surface area contributed by atoms with Gasteiger partial charge < -0.3 is 9.47 Å². The van der Waals surface area contributed by atoms with E-state index in [9.17, 15) is 8.42 Å². The molecule has 2 aromatic rings. The van der Waals surface area contributed by atoms with E-state index in [-0.39, 0.29) is 11.5 Å². The molecule has 0 N–H and O–H groups in total. The van der Waals surface area contributed by atoms with Gasteiger partial charge in [-0.15, -0.1) is 0 Å². The number of aromatic nitrogens is 3. The Morgan fingerprint density at radius 2 is 1.96 bits per heavy atom. The maximum atomic E-state index is 10.9. The topological polar surface area (TPSA) is 82.8 Å². The molecule has 23 heavy (non-hydrogen) atoms. The summed E-state index contributed by atoms with van der Waals surface area (Å²) in [6.07, 6.45) is 5.39. The largest absolute Gasteiger partial charge is 0.348 e. The maximum absolute atomic E-state index is 10.9. The molecule has 1 saturated carbocycles. The summed E-state index contributed by atoms with van der Waals surface area (Å²) in [5.41, 5.74) is 2.00. The first-order valence-electron chi connectivity index (χ1n) is 7.88. The Balaban J connectivity index is 1.59. The summed E-state index contributed by atoms with van der Waals surface area (Å²) in [5.74, 6) is 0.212. The van der Waals surface area contributed by atoms with E-state index >= 15 is 0 Å². The molecule has 2 fully saturated rings. The summed E-state index contributed by atoms with van der Waals surface area (Å²) in [4.78, 5) is 4.11. The quantitative estimate of drug-likeness (QED) is 0.849. The second kappa shape index (κ2) is 5.85. The summed E-state index contributed by atoms with van der Waals surface area (Å²) in [5, 5.41) is 4.40. The first kappa shape index (κ1) is 15.0. The molecule has 0 amide bonds. The first-order valence-corrected chi connectivity index (χ1v) is 9.25. The molecule has 1 aliphatic carbocycles. The molecule has 4 rings (SSSR count). The molecule has 0 unspecified atom stereocenters. The van der Waals surface area contributed by atoms with Crippen LogP contribution in [0.4, 0.5) is 0 Å². The van der Waals surface area contributed by atoms with Crippen molar-refractivity contribution < 1.29 is 17.9 Å². The zero-order valence-electron chi connectivity index (χ0n) is 12.7. The van der Waals surface area contributed by atoms with Gasteiger partial charge in [0.1, 0.15) is 16.5 Å². The van der Waals surface area contributed by atoms with Gasteiger partial charge in [0.15, 0.2) is 11.6 Å². The van der Waals surface area contributed by atoms with Crippen LogP contribution in [-0.2, 0) is 25.9 Å². The Morgan fingerprint density at radius 3 is 2.65 bits per heavy atom. The summed E-state index contributed by atoms with van der Waals surface area (Å²) in [6.45, 7) is 1.37. The van der Waals surface area contributed by atoms with Crippen LogP contribution in [-0.4, -0.2) is 42.0 Å². The molecule has 0 bridgehead atoms. The van der Waals surface area contributed by atoms with Crippen LogP contribution in [0.5, 0.6) is 0 Å². The molecule has 8 heteroatoms. The highest BCUT2D eigenvalue weighted by Crippen LogP contribution is 2.42. The number of nitrogens with zero attached hydrogens (tertiary/aromatic N) is 3. The van der Waals surface area contributed by atoms with E-state index in [4.69, 9.17) is 9.47 Å². The smallest absolute Gasteiger partial charge is 0.168 e. The van der Waals surface area contributed by atoms with E-state index in [1.54, 1.807) is 6.20 Å². The highest BCUT2D eigenvalue weighted by atomic mass is 32.2. The van der Waals surface area contributed by atoms with Gasteiger partial charge in [-0.3, -0.25) is 0 Å². The van der Waals surface area contributed by atoms with Crippen LogP contribution < -0.4 is 0 Å². The summed E-state index contributed by atoms with van der Waals surface area (Å²) in [7, 11) is -2.52. The minimum atomic E-state index is -2.52. The van der Waals surface area contributed by atoms with Crippen LogP contribution in [0.15, 0.2) is 18.3 Å². The van der Waals surface area contributed by atoms with Crippen molar-refractivity contribution in [1.29, 1.82) is 0 Å². The van der Waals surface area contributed by atoms with Crippen LogP contribution in [0, 0.1) is 0 Å². The van der Waals surface area contributed by atoms with Crippen LogP contribution >= 0.6 is 0 Å². The van der Waals surface area contributed by atoms with Gasteiger partial charge in [-0.1, -0.05) is 0 Å². The molecule has 1 saturated heterocycles. The lowest BCUT2D eigenvalue weighted by atomic mass is 9.83. The van der Waals surface area contributed by atoms with Crippen molar-refractivity contribution >= 4 is 16.2 Å². The molecule has 2 aliphatic rings. The van der Waals surface area contributed by atoms with Gasteiger partial charge in [-0.25, -0.2) is 17.9 Å². The second-order valence-corrected chi connectivity index (χ2v) is 7.12. The minimum Gasteiger partial charge on any atom is -0.348 e. The predicted molar refractivity (Wildman–Crippen MR) is 82.8 cm³/mol. The van der Waals surface area contributed by atoms with Crippen molar-refractivity contribution in [3.63, 3.8) is 0 Å². The zero-order chi connectivity index (χ0) is 15.9. The Bertz CT molecular complexity index is 777. The van der Waals surface area contributed by atoms with Gasteiger partial charge in [0.05, 0.1) is 24.9 Å². The average molecular weight is 337 g/mol. The van der Waals surface area contributed by atoms with Crippen molar-refractivity contribution in [2.75, 3.05) is 13.2 Å². The SMILES string of the molecule is O=[SH](=O)Cc1ncc2ccc(C3CCC4(CC3)OCCO4)n2n1. The fourth-order valence-electron chi connectivity index (χ4n) is 3.59. The van der Waals surface area contributed by atoms with Crippen molar-refractivity contribution in [3.05, 3.63) is 29.8 Å². The van der Waals surface area contributed by atoms with Gasteiger partial charge in [0, 0.05) is 24.5 Å². The monoisotopic (exact) mass is 337 g/mol. The predicted octanol–water partition coefficient (Wildman–Crippen LogP) is 1.24. The number of fused-ring (bicyclic) bond motifs is 1. The summed E-state index contributed by atoms with van der Waals surface area (Å²) in [6, 6.07) is 4.04. The zero-order valence-corrected chi connectivity index (χ0v) is 13.6. The molecule has 0 aromatic carbocycles. The molecule has 124 valence electrons. The van der Waals surface area contributed by atoms with Crippen LogP contribution in [0.3, 0.4) is 0 Å². The van der Waals surface area contributed by atoms with E-state index in [0.29, 0.717) is 25.0 Å². The normalized spacial score (nSPS) is 21.6. The van der Waals surface area contributed by atoms with Crippen molar-refractivity contribution in [2.24, 2.45) is 0 Å². The van der Waals surface area contributed by atoms with Gasteiger partial charge in [0.2, 0.25) is 0 Å². The number of hydrogen-bond acceptors (Lipinski definition) is 6. The lowest BCUT2D eigenvalue weighted by Crippen LogP contribution is -2.34. The van der Waals surface area contributed by atoms with Gasteiger partial charge >= 0.3 is 0 Å². The summed E-state index contributed by atoms with van der Waals surface area (Å²) < 4.78 is 35.2. The lowest BCUT2D eigenvalue weighted by Gasteiger charge is -2.35. The molecular formula is C15H19N3O4S. The van der Waals surface area contributed by atoms with Crippen molar-refractivity contribution in [1.82, 2.24) is 14.6 Å². The van der Waals surface area contributed by atoms with Crippen LogP contribution in [0.1, 0.15) is 43.1 Å². The number of thiol groups is 1. The standard InChI is InChI=1S/C15H19N3O4S/c19-23(20)10-14-16-9-12-1-2-13(18(12)17-14)11-3-5-15(6-4-11)21-7-8-22-15/h1-2,9,11,23H,3-8,10H2. The molecule has 1 aliphatic heterocycles. The van der Waals surface area contributed by atoms with E-state index in [0.717, 1.165) is 36.9 Å². The first-order chi connectivity index (χ1) is 11.2. The van der Waals surface area contributed by atoms with Crippen LogP contribution in [0.25, 0.3) is 5.52 Å². The summed E-state index contributed by atoms with van der Waals surface area (Å²) >= 11 is 0. The number of ether oxygens (including phenoxy) is 2. The van der Waals surface area contributed by atoms with E-state index < -0.39 is 10.7 Å². The molecule has 3 heterocycles. The van der Waals surface area contributed by atoms with E-state index in [1.807, 2.05) is 10.6 Å². The Kier molecular flexibility index (Phi) is 3.82. The lowest BCUT2D eigenvalue weighted by molar-refractivity contribution is -0.179. The van der Waals surface area contributed by atoms with E-state index in [2.05, 4.69) is 16.1 Å². The van der Waals surface area contributed by atoms with Crippen molar-refractivity contribution in [2.45, 2.75) is 43.1 Å². The van der Waals surface area contributed by atoms with Gasteiger partial charge in [0.25, 0.3) is 0 Å². The maximum Gasteiger partial charge on any atom is 0.168 e. The third-order valence-electron chi connectivity index (χ3n) is 4.73. The molecule has 7 nitrogen and oxygen atoms in total. The fraction of sp³-hybridized carbons (Fsp3) is 0.600. The third-order valence-corrected chi connectivity index (χ3v) is 5.27. The molecular weight excluding hydrogens is 318 g/mol. The fourth-order valence-corrected chi connectivity index (χ4v) is 3.97. The molecule has 1 spiro atoms. The number of rotatable bonds is 3. The number of hydrogen-bond donors (Lipinski definition) is 1. The van der Waals surface area contributed by atoms with Crippen molar-refractivity contribution in [3.8, 4) is 0 Å². The van der Waals surface area contributed by atoms with Gasteiger partial charge in [-0.05, 0) is 25.0 Å². The molecule has 0 atom stereocenters. The Labute approximate surface area is 135 Å². The highest BCUT2D eigenvalue weighted by Gasteiger charge is 2.41. The Morgan fingerprint density at radius 1 is 1.22 bits per heavy atom. The third kappa shape index (κ3) is 2.86. The molecule has 2 aromatic heterocycles. The van der Waals surface area contributed by atoms with Crippen LogP contribution in [0.2, 0.25) is 0 Å². The van der Waals surface area contributed by atoms with Gasteiger partial charge in [-0.2, -0.15) is 5.10 Å². The average Bonchev–Trinajstić information content (AvgIpc) is 3.15. The minimum absolute atomic E-state index is 0.127.